The third-order valence-corrected chi connectivity index (χ3v) is 9.76. The standard InChI is InChI=1S/C35H48N4O7S/c1-25-21-39(26(2)24-40)35(41)32-20-29(37-47(42,43)31-12-10-30(44-5)11-13-31)9-14-33(32)46-27(3)8-6-7-19-45-34(25)23-38(4)22-28-15-17-36-18-16-28/h9-18,20,25-27,34,37,40H,6-8,19,21-24H2,1-5H3/t25-,26-,27+,34+/m0/s1. The second kappa shape index (κ2) is 16.9. The first kappa shape index (κ1) is 36.1. The van der Waals surface area contributed by atoms with E-state index >= 15 is 0 Å². The van der Waals surface area contributed by atoms with Crippen molar-refractivity contribution in [2.75, 3.05) is 45.2 Å². The van der Waals surface area contributed by atoms with Crippen LogP contribution in [0.2, 0.25) is 0 Å². The number of sulfonamides is 1. The summed E-state index contributed by atoms with van der Waals surface area (Å²) in [5, 5.41) is 10.2. The van der Waals surface area contributed by atoms with Gasteiger partial charge in [-0.3, -0.25) is 19.4 Å². The van der Waals surface area contributed by atoms with Crippen molar-refractivity contribution in [2.24, 2.45) is 5.92 Å². The summed E-state index contributed by atoms with van der Waals surface area (Å²) in [4.78, 5) is 22.4. The molecule has 12 heteroatoms. The number of fused-ring (bicyclic) bond motifs is 1. The fraction of sp³-hybridized carbons (Fsp3) is 0.486. The van der Waals surface area contributed by atoms with Crippen LogP contribution in [0.15, 0.2) is 71.9 Å². The lowest BCUT2D eigenvalue weighted by Crippen LogP contribution is -2.47. The number of rotatable bonds is 10. The van der Waals surface area contributed by atoms with Gasteiger partial charge in [0.25, 0.3) is 15.9 Å². The molecule has 11 nitrogen and oxygen atoms in total. The van der Waals surface area contributed by atoms with E-state index in [4.69, 9.17) is 14.2 Å². The maximum atomic E-state index is 14.4. The first-order valence-corrected chi connectivity index (χ1v) is 17.6. The Morgan fingerprint density at radius 2 is 1.83 bits per heavy atom. The predicted molar refractivity (Wildman–Crippen MR) is 181 cm³/mol. The van der Waals surface area contributed by atoms with Crippen LogP contribution in [0, 0.1) is 5.92 Å². The maximum absolute atomic E-state index is 14.4. The smallest absolute Gasteiger partial charge is 0.261 e. The molecule has 2 aromatic carbocycles. The van der Waals surface area contributed by atoms with E-state index in [0.29, 0.717) is 31.2 Å². The number of pyridine rings is 1. The largest absolute Gasteiger partial charge is 0.497 e. The summed E-state index contributed by atoms with van der Waals surface area (Å²) in [7, 11) is -0.408. The molecule has 0 radical (unpaired) electrons. The van der Waals surface area contributed by atoms with Gasteiger partial charge in [0.1, 0.15) is 11.5 Å². The molecular formula is C35H48N4O7S. The summed E-state index contributed by atoms with van der Waals surface area (Å²) >= 11 is 0. The van der Waals surface area contributed by atoms with Crippen molar-refractivity contribution < 1.29 is 32.5 Å². The normalized spacial score (nSPS) is 20.5. The summed E-state index contributed by atoms with van der Waals surface area (Å²) in [6.45, 7) is 7.82. The lowest BCUT2D eigenvalue weighted by Gasteiger charge is -2.36. The maximum Gasteiger partial charge on any atom is 0.261 e. The lowest BCUT2D eigenvalue weighted by molar-refractivity contribution is -0.0177. The van der Waals surface area contributed by atoms with Crippen LogP contribution in [0.5, 0.6) is 11.5 Å². The molecule has 2 N–H and O–H groups in total. The number of aromatic nitrogens is 1. The number of likely N-dealkylation sites (N-methyl/N-ethyl adjacent to an activating group) is 1. The molecule has 1 aliphatic heterocycles. The van der Waals surface area contributed by atoms with Crippen LogP contribution in [-0.2, 0) is 21.3 Å². The van der Waals surface area contributed by atoms with Crippen molar-refractivity contribution in [2.45, 2.75) is 69.7 Å². The minimum absolute atomic E-state index is 0.0545. The first-order chi connectivity index (χ1) is 22.5. The highest BCUT2D eigenvalue weighted by molar-refractivity contribution is 7.92. The van der Waals surface area contributed by atoms with Crippen molar-refractivity contribution in [1.29, 1.82) is 0 Å². The van der Waals surface area contributed by atoms with Crippen molar-refractivity contribution in [3.8, 4) is 11.5 Å². The SMILES string of the molecule is COc1ccc(S(=O)(=O)Nc2ccc3c(c2)C(=O)N([C@@H](C)CO)C[C@H](C)[C@@H](CN(C)Cc2ccncc2)OCCCC[C@@H](C)O3)cc1. The van der Waals surface area contributed by atoms with Crippen LogP contribution in [0.25, 0.3) is 0 Å². The van der Waals surface area contributed by atoms with Gasteiger partial charge in [-0.25, -0.2) is 8.42 Å². The topological polar surface area (TPSA) is 131 Å². The van der Waals surface area contributed by atoms with E-state index in [9.17, 15) is 18.3 Å². The Labute approximate surface area is 278 Å². The van der Waals surface area contributed by atoms with Gasteiger partial charge >= 0.3 is 0 Å². The fourth-order valence-electron chi connectivity index (χ4n) is 5.59. The van der Waals surface area contributed by atoms with Crippen LogP contribution in [0.1, 0.15) is 56.0 Å². The van der Waals surface area contributed by atoms with Gasteiger partial charge in [-0.2, -0.15) is 0 Å². The van der Waals surface area contributed by atoms with Gasteiger partial charge in [-0.1, -0.05) is 6.92 Å². The molecule has 4 atom stereocenters. The minimum Gasteiger partial charge on any atom is -0.497 e. The molecule has 0 unspecified atom stereocenters. The Hall–Kier alpha value is -3.71. The fourth-order valence-corrected chi connectivity index (χ4v) is 6.64. The van der Waals surface area contributed by atoms with Crippen molar-refractivity contribution in [1.82, 2.24) is 14.8 Å². The third-order valence-electron chi connectivity index (χ3n) is 8.37. The molecule has 47 heavy (non-hydrogen) atoms. The molecule has 2 heterocycles. The van der Waals surface area contributed by atoms with E-state index < -0.39 is 16.1 Å². The van der Waals surface area contributed by atoms with Gasteiger partial charge in [-0.05, 0) is 100 Å². The van der Waals surface area contributed by atoms with Gasteiger partial charge in [0.15, 0.2) is 0 Å². The first-order valence-electron chi connectivity index (χ1n) is 16.1. The van der Waals surface area contributed by atoms with Crippen LogP contribution in [0.4, 0.5) is 5.69 Å². The van der Waals surface area contributed by atoms with Gasteiger partial charge in [-0.15, -0.1) is 0 Å². The Balaban J connectivity index is 1.64. The minimum atomic E-state index is -3.96. The van der Waals surface area contributed by atoms with Crippen molar-refractivity contribution in [3.05, 3.63) is 78.1 Å². The number of nitrogens with one attached hydrogen (secondary N) is 1. The number of hydrogen-bond donors (Lipinski definition) is 2. The molecule has 4 rings (SSSR count). The number of hydrogen-bond acceptors (Lipinski definition) is 9. The molecule has 0 aliphatic carbocycles. The number of carbonyl (C=O) groups excluding carboxylic acids is 1. The molecule has 3 aromatic rings. The zero-order chi connectivity index (χ0) is 34.0. The summed E-state index contributed by atoms with van der Waals surface area (Å²) < 4.78 is 47.0. The molecule has 0 saturated heterocycles. The summed E-state index contributed by atoms with van der Waals surface area (Å²) in [6.07, 6.45) is 5.68. The lowest BCUT2D eigenvalue weighted by atomic mass is 10.0. The Kier molecular flexibility index (Phi) is 13.0. The molecule has 1 aromatic heterocycles. The zero-order valence-electron chi connectivity index (χ0n) is 28.0. The molecular weight excluding hydrogens is 620 g/mol. The zero-order valence-corrected chi connectivity index (χ0v) is 28.8. The number of aliphatic hydroxyl groups excluding tert-OH is 1. The van der Waals surface area contributed by atoms with Crippen LogP contribution >= 0.6 is 0 Å². The number of nitrogens with zero attached hydrogens (tertiary/aromatic N) is 3. The summed E-state index contributed by atoms with van der Waals surface area (Å²) in [5.41, 5.74) is 1.57. The van der Waals surface area contributed by atoms with Crippen LogP contribution < -0.4 is 14.2 Å². The highest BCUT2D eigenvalue weighted by Gasteiger charge is 2.30. The van der Waals surface area contributed by atoms with E-state index in [-0.39, 0.29) is 46.8 Å². The van der Waals surface area contributed by atoms with E-state index in [2.05, 4.69) is 21.5 Å². The number of benzene rings is 2. The predicted octanol–water partition coefficient (Wildman–Crippen LogP) is 4.82. The highest BCUT2D eigenvalue weighted by Crippen LogP contribution is 2.30. The molecule has 0 fully saturated rings. The molecule has 0 bridgehead atoms. The molecule has 1 aliphatic rings. The Morgan fingerprint density at radius 1 is 1.11 bits per heavy atom. The third kappa shape index (κ3) is 10.1. The summed E-state index contributed by atoms with van der Waals surface area (Å²) in [5.74, 6) is 0.440. The van der Waals surface area contributed by atoms with Gasteiger partial charge < -0.3 is 24.2 Å². The second-order valence-electron chi connectivity index (χ2n) is 12.3. The number of carbonyl (C=O) groups is 1. The van der Waals surface area contributed by atoms with Crippen LogP contribution in [-0.4, -0.2) is 92.9 Å². The van der Waals surface area contributed by atoms with Crippen LogP contribution in [0.3, 0.4) is 0 Å². The average molecular weight is 669 g/mol. The highest BCUT2D eigenvalue weighted by atomic mass is 32.2. The number of anilines is 1. The Morgan fingerprint density at radius 3 is 2.51 bits per heavy atom. The number of ether oxygens (including phenoxy) is 3. The molecule has 1 amide bonds. The number of methoxy groups -OCH3 is 1. The molecule has 0 saturated carbocycles. The van der Waals surface area contributed by atoms with Crippen molar-refractivity contribution >= 4 is 21.6 Å². The van der Waals surface area contributed by atoms with E-state index in [1.807, 2.05) is 26.1 Å². The quantitative estimate of drug-likeness (QED) is 0.312. The van der Waals surface area contributed by atoms with Gasteiger partial charge in [0, 0.05) is 50.2 Å². The van der Waals surface area contributed by atoms with E-state index in [0.717, 1.165) is 31.4 Å². The summed E-state index contributed by atoms with van der Waals surface area (Å²) in [6, 6.07) is 14.2. The number of amides is 1. The monoisotopic (exact) mass is 668 g/mol. The van der Waals surface area contributed by atoms with E-state index in [1.54, 1.807) is 48.5 Å². The van der Waals surface area contributed by atoms with Gasteiger partial charge in [0.05, 0.1) is 42.4 Å². The van der Waals surface area contributed by atoms with E-state index in [1.165, 1.54) is 25.3 Å². The molecule has 0 spiro atoms. The van der Waals surface area contributed by atoms with Gasteiger partial charge in [0.2, 0.25) is 0 Å². The number of aliphatic hydroxyl groups is 1. The second-order valence-corrected chi connectivity index (χ2v) is 14.0. The van der Waals surface area contributed by atoms with Crippen molar-refractivity contribution in [3.63, 3.8) is 0 Å². The average Bonchev–Trinajstić information content (AvgIpc) is 3.06. The molecule has 256 valence electrons. The Bertz CT molecular complexity index is 1540.